The Labute approximate surface area is 150 Å². The average Bonchev–Trinajstić information content (AvgIpc) is 2.61. The number of carbonyl (C=O) groups is 1. The molecule has 127 valence electrons. The predicted molar refractivity (Wildman–Crippen MR) is 107 cm³/mol. The maximum atomic E-state index is 11.6. The van der Waals surface area contributed by atoms with Gasteiger partial charge in [-0.1, -0.05) is 83.4 Å². The third kappa shape index (κ3) is 5.48. The second-order valence-electron chi connectivity index (χ2n) is 5.98. The zero-order valence-corrected chi connectivity index (χ0v) is 15.7. The molecule has 3 aromatic rings. The van der Waals surface area contributed by atoms with Gasteiger partial charge in [0.1, 0.15) is 0 Å². The molecular formula is C22H22O2P. The molecule has 3 heteroatoms. The lowest BCUT2D eigenvalue weighted by Gasteiger charge is -2.05. The molecule has 25 heavy (non-hydrogen) atoms. The fourth-order valence-electron chi connectivity index (χ4n) is 2.79. The predicted octanol–water partition coefficient (Wildman–Crippen LogP) is 5.61. The molecule has 1 unspecified atom stereocenters. The molecule has 0 heterocycles. The Balaban J connectivity index is 0.000000212. The van der Waals surface area contributed by atoms with Crippen LogP contribution >= 0.6 is 7.80 Å². The number of aryl methyl sites for hydroxylation is 3. The molecule has 0 spiro atoms. The van der Waals surface area contributed by atoms with Gasteiger partial charge in [0, 0.05) is 5.30 Å². The molecule has 3 aromatic carbocycles. The summed E-state index contributed by atoms with van der Waals surface area (Å²) in [6.07, 6.45) is 0. The molecule has 2 nitrogen and oxygen atoms in total. The van der Waals surface area contributed by atoms with Crippen LogP contribution in [0, 0.1) is 20.8 Å². The quantitative estimate of drug-likeness (QED) is 0.455. The zero-order valence-electron chi connectivity index (χ0n) is 14.8. The van der Waals surface area contributed by atoms with Crippen molar-refractivity contribution in [2.45, 2.75) is 20.8 Å². The summed E-state index contributed by atoms with van der Waals surface area (Å²) in [5, 5.41) is 0.596. The van der Waals surface area contributed by atoms with Crippen LogP contribution in [0.3, 0.4) is 0 Å². The van der Waals surface area contributed by atoms with Gasteiger partial charge in [0.15, 0.2) is 7.80 Å². The van der Waals surface area contributed by atoms with E-state index >= 15 is 0 Å². The Morgan fingerprint density at radius 1 is 0.720 bits per heavy atom. The number of hydrogen-bond donors (Lipinski definition) is 0. The van der Waals surface area contributed by atoms with E-state index in [1.54, 1.807) is 12.1 Å². The van der Waals surface area contributed by atoms with Gasteiger partial charge in [-0.25, -0.2) is 0 Å². The Morgan fingerprint density at radius 2 is 1.20 bits per heavy atom. The van der Waals surface area contributed by atoms with Crippen molar-refractivity contribution in [3.8, 4) is 11.1 Å². The van der Waals surface area contributed by atoms with Crippen LogP contribution in [0.15, 0.2) is 72.8 Å². The number of hydrogen-bond acceptors (Lipinski definition) is 2. The molecule has 0 bridgehead atoms. The maximum Gasteiger partial charge on any atom is 0.203 e. The Kier molecular flexibility index (Phi) is 6.80. The topological polar surface area (TPSA) is 34.1 Å². The van der Waals surface area contributed by atoms with Gasteiger partial charge in [-0.15, -0.1) is 0 Å². The van der Waals surface area contributed by atoms with E-state index in [0.717, 1.165) is 11.1 Å². The summed E-state index contributed by atoms with van der Waals surface area (Å²) in [6.45, 7) is 6.38. The van der Waals surface area contributed by atoms with Crippen molar-refractivity contribution < 1.29 is 9.36 Å². The maximum absolute atomic E-state index is 11.6. The highest BCUT2D eigenvalue weighted by molar-refractivity contribution is 7.68. The minimum Gasteiger partial charge on any atom is -0.290 e. The van der Waals surface area contributed by atoms with E-state index in [-0.39, 0.29) is 0 Å². The summed E-state index contributed by atoms with van der Waals surface area (Å²) in [6, 6.07) is 24.0. The van der Waals surface area contributed by atoms with Gasteiger partial charge in [0.25, 0.3) is 0 Å². The van der Waals surface area contributed by atoms with E-state index in [1.807, 2.05) is 42.5 Å². The van der Waals surface area contributed by atoms with E-state index in [9.17, 15) is 9.36 Å². The number of carbonyl (C=O) groups excluding carboxylic acids is 1. The van der Waals surface area contributed by atoms with E-state index in [4.69, 9.17) is 0 Å². The molecular weight excluding hydrogens is 327 g/mol. The standard InChI is InChI=1S/C13H10O2P.C9H12/c14-10-16(15)13-9-5-4-8-12(13)11-6-2-1-3-7-11;1-7-4-8(2)6-9(3)5-7/h1-10H;4-6H,1-3H3. The van der Waals surface area contributed by atoms with Crippen LogP contribution in [0.2, 0.25) is 0 Å². The number of benzene rings is 3. The van der Waals surface area contributed by atoms with E-state index in [0.29, 0.717) is 11.3 Å². The van der Waals surface area contributed by atoms with Crippen LogP contribution in [0.1, 0.15) is 16.7 Å². The minimum atomic E-state index is -1.95. The molecule has 1 radical (unpaired) electrons. The molecule has 0 aliphatic rings. The average molecular weight is 349 g/mol. The van der Waals surface area contributed by atoms with Crippen LogP contribution in [0.5, 0.6) is 0 Å². The molecule has 0 amide bonds. The highest BCUT2D eigenvalue weighted by atomic mass is 31.1. The van der Waals surface area contributed by atoms with Gasteiger partial charge in [0.2, 0.25) is 6.03 Å². The van der Waals surface area contributed by atoms with Crippen molar-refractivity contribution >= 4 is 19.1 Å². The Bertz CT molecular complexity index is 820. The largest absolute Gasteiger partial charge is 0.290 e. The smallest absolute Gasteiger partial charge is 0.203 e. The van der Waals surface area contributed by atoms with Gasteiger partial charge >= 0.3 is 0 Å². The highest BCUT2D eigenvalue weighted by Crippen LogP contribution is 2.25. The molecule has 0 saturated heterocycles. The summed E-state index contributed by atoms with van der Waals surface area (Å²) >= 11 is 0. The van der Waals surface area contributed by atoms with Crippen molar-refractivity contribution in [3.05, 3.63) is 89.5 Å². The first-order valence-electron chi connectivity index (χ1n) is 8.12. The van der Waals surface area contributed by atoms with Crippen molar-refractivity contribution in [1.29, 1.82) is 0 Å². The van der Waals surface area contributed by atoms with Crippen LogP contribution in [0.25, 0.3) is 11.1 Å². The normalized spacial score (nSPS) is 10.4. The van der Waals surface area contributed by atoms with Crippen LogP contribution < -0.4 is 5.30 Å². The third-order valence-corrected chi connectivity index (χ3v) is 4.74. The first-order chi connectivity index (χ1) is 12.0. The SMILES string of the molecule is Cc1cc(C)cc(C)c1.O=C[P](=O)c1ccccc1-c1ccccc1. The molecule has 0 saturated carbocycles. The molecule has 0 fully saturated rings. The summed E-state index contributed by atoms with van der Waals surface area (Å²) in [5.41, 5.74) is 5.90. The second-order valence-corrected chi connectivity index (χ2v) is 7.32. The molecule has 3 rings (SSSR count). The van der Waals surface area contributed by atoms with Crippen LogP contribution in [-0.4, -0.2) is 6.03 Å². The molecule has 0 aliphatic heterocycles. The fraction of sp³-hybridized carbons (Fsp3) is 0.136. The summed E-state index contributed by atoms with van der Waals surface area (Å²) < 4.78 is 11.6. The van der Waals surface area contributed by atoms with Crippen molar-refractivity contribution in [2.75, 3.05) is 0 Å². The van der Waals surface area contributed by atoms with Gasteiger partial charge in [-0.05, 0) is 38.0 Å². The highest BCUT2D eigenvalue weighted by Gasteiger charge is 2.09. The second kappa shape index (κ2) is 9.05. The van der Waals surface area contributed by atoms with Crippen molar-refractivity contribution in [2.24, 2.45) is 0 Å². The van der Waals surface area contributed by atoms with E-state index in [1.165, 1.54) is 16.7 Å². The molecule has 0 N–H and O–H groups in total. The lowest BCUT2D eigenvalue weighted by Crippen LogP contribution is -2.01. The zero-order chi connectivity index (χ0) is 18.2. The summed E-state index contributed by atoms with van der Waals surface area (Å²) in [4.78, 5) is 10.6. The summed E-state index contributed by atoms with van der Waals surface area (Å²) in [5.74, 6) is 0. The lowest BCUT2D eigenvalue weighted by atomic mass is 10.1. The Morgan fingerprint density at radius 3 is 1.72 bits per heavy atom. The molecule has 0 aliphatic carbocycles. The monoisotopic (exact) mass is 349 g/mol. The molecule has 1 atom stereocenters. The minimum absolute atomic E-state index is 0.497. The third-order valence-electron chi connectivity index (χ3n) is 3.69. The first kappa shape index (κ1) is 18.8. The first-order valence-corrected chi connectivity index (χ1v) is 9.45. The summed E-state index contributed by atoms with van der Waals surface area (Å²) in [7, 11) is -1.95. The van der Waals surface area contributed by atoms with E-state index < -0.39 is 7.80 Å². The Hall–Kier alpha value is -2.57. The number of rotatable bonds is 3. The van der Waals surface area contributed by atoms with Crippen LogP contribution in [0.4, 0.5) is 0 Å². The van der Waals surface area contributed by atoms with Gasteiger partial charge in [-0.2, -0.15) is 0 Å². The fourth-order valence-corrected chi connectivity index (χ4v) is 3.57. The van der Waals surface area contributed by atoms with Crippen LogP contribution in [-0.2, 0) is 9.36 Å². The van der Waals surface area contributed by atoms with Crippen molar-refractivity contribution in [1.82, 2.24) is 0 Å². The molecule has 0 aromatic heterocycles. The van der Waals surface area contributed by atoms with Gasteiger partial charge < -0.3 is 0 Å². The van der Waals surface area contributed by atoms with Gasteiger partial charge in [0.05, 0.1) is 0 Å². The lowest BCUT2D eigenvalue weighted by molar-refractivity contribution is 0.560. The van der Waals surface area contributed by atoms with Gasteiger partial charge in [-0.3, -0.25) is 9.36 Å². The van der Waals surface area contributed by atoms with E-state index in [2.05, 4.69) is 39.0 Å². The van der Waals surface area contributed by atoms with Crippen molar-refractivity contribution in [3.63, 3.8) is 0 Å².